The molecule has 0 fully saturated rings. The van der Waals surface area contributed by atoms with E-state index in [1.165, 1.54) is 13.3 Å². The summed E-state index contributed by atoms with van der Waals surface area (Å²) in [4.78, 5) is 36.4. The summed E-state index contributed by atoms with van der Waals surface area (Å²) in [6.07, 6.45) is 0.984. The van der Waals surface area contributed by atoms with E-state index in [4.69, 9.17) is 9.47 Å². The van der Waals surface area contributed by atoms with Gasteiger partial charge in [0.15, 0.2) is 0 Å². The number of methoxy groups -OCH3 is 1. The zero-order valence-electron chi connectivity index (χ0n) is 14.4. The molecule has 1 amide bonds. The lowest BCUT2D eigenvalue weighted by Gasteiger charge is -2.16. The van der Waals surface area contributed by atoms with Crippen molar-refractivity contribution in [3.05, 3.63) is 52.2 Å². The summed E-state index contributed by atoms with van der Waals surface area (Å²) < 4.78 is 9.55. The Hall–Kier alpha value is -3.00. The molecule has 26 heavy (non-hydrogen) atoms. The van der Waals surface area contributed by atoms with Gasteiger partial charge in [-0.05, 0) is 23.9 Å². The lowest BCUT2D eigenvalue weighted by atomic mass is 10.2. The Morgan fingerprint density at radius 3 is 2.58 bits per heavy atom. The molecule has 0 radical (unpaired) electrons. The zero-order valence-corrected chi connectivity index (χ0v) is 15.2. The smallest absolute Gasteiger partial charge is 0.350 e. The van der Waals surface area contributed by atoms with Crippen molar-refractivity contribution in [2.45, 2.75) is 13.3 Å². The summed E-state index contributed by atoms with van der Waals surface area (Å²) in [5.41, 5.74) is 1.01. The summed E-state index contributed by atoms with van der Waals surface area (Å²) in [6, 6.07) is 10.7. The topological polar surface area (TPSA) is 85.3 Å². The monoisotopic (exact) mass is 374 g/mol. The molecule has 1 aromatic heterocycles. The first-order valence-electron chi connectivity index (χ1n) is 7.80. The first-order chi connectivity index (χ1) is 12.6. The van der Waals surface area contributed by atoms with Crippen LogP contribution in [0.1, 0.15) is 28.6 Å². The molecule has 2 aromatic rings. The second-order valence-corrected chi connectivity index (χ2v) is 5.89. The number of ether oxygens (including phenoxy) is 2. The van der Waals surface area contributed by atoms with Crippen LogP contribution in [0.15, 0.2) is 46.9 Å². The maximum Gasteiger partial charge on any atom is 0.350 e. The van der Waals surface area contributed by atoms with Gasteiger partial charge in [-0.2, -0.15) is 10.1 Å². The highest BCUT2D eigenvalue weighted by Crippen LogP contribution is 2.28. The number of thiophene rings is 1. The summed E-state index contributed by atoms with van der Waals surface area (Å²) in [6.45, 7) is 1.83. The van der Waals surface area contributed by atoms with Gasteiger partial charge in [0.2, 0.25) is 0 Å². The highest BCUT2D eigenvalue weighted by atomic mass is 32.1. The Balaban J connectivity index is 2.34. The lowest BCUT2D eigenvalue weighted by Crippen LogP contribution is -2.29. The molecule has 8 heteroatoms. The maximum atomic E-state index is 12.6. The molecule has 0 spiro atoms. The molecule has 7 nitrogen and oxygen atoms in total. The number of rotatable bonds is 7. The Kier molecular flexibility index (Phi) is 7.04. The van der Waals surface area contributed by atoms with Gasteiger partial charge in [0.1, 0.15) is 11.3 Å². The van der Waals surface area contributed by atoms with Crippen molar-refractivity contribution >= 4 is 41.1 Å². The van der Waals surface area contributed by atoms with E-state index in [1.54, 1.807) is 18.4 Å². The van der Waals surface area contributed by atoms with Crippen molar-refractivity contribution in [1.82, 2.24) is 0 Å². The summed E-state index contributed by atoms with van der Waals surface area (Å²) in [7, 11) is 1.25. The largest absolute Gasteiger partial charge is 0.466 e. The quantitative estimate of drug-likeness (QED) is 0.322. The highest BCUT2D eigenvalue weighted by Gasteiger charge is 2.25. The number of hydrogen-bond acceptors (Lipinski definition) is 7. The van der Waals surface area contributed by atoms with E-state index < -0.39 is 24.3 Å². The van der Waals surface area contributed by atoms with E-state index in [1.807, 2.05) is 30.3 Å². The fourth-order valence-corrected chi connectivity index (χ4v) is 2.84. The van der Waals surface area contributed by atoms with E-state index in [-0.39, 0.29) is 17.2 Å². The molecule has 0 N–H and O–H groups in total. The molecule has 0 atom stereocenters. The Morgan fingerprint density at radius 2 is 1.92 bits per heavy atom. The number of esters is 2. The van der Waals surface area contributed by atoms with Crippen LogP contribution in [0.5, 0.6) is 0 Å². The molecule has 0 saturated carbocycles. The third kappa shape index (κ3) is 5.00. The number of hydrazone groups is 1. The average molecular weight is 374 g/mol. The molecular weight excluding hydrogens is 356 g/mol. The van der Waals surface area contributed by atoms with Gasteiger partial charge in [-0.25, -0.2) is 4.79 Å². The van der Waals surface area contributed by atoms with Crippen molar-refractivity contribution in [1.29, 1.82) is 0 Å². The fourth-order valence-electron chi connectivity index (χ4n) is 2.05. The minimum atomic E-state index is -0.660. The van der Waals surface area contributed by atoms with Gasteiger partial charge in [-0.15, -0.1) is 11.3 Å². The van der Waals surface area contributed by atoms with Crippen LogP contribution in [0.4, 0.5) is 5.69 Å². The zero-order chi connectivity index (χ0) is 18.9. The van der Waals surface area contributed by atoms with E-state index in [0.29, 0.717) is 0 Å². The van der Waals surface area contributed by atoms with Crippen LogP contribution in [0.2, 0.25) is 0 Å². The SMILES string of the molecule is CCOC(=O)CC(=O)N(N=Cc1ccccc1)c1ccsc1C(=O)OC. The minimum absolute atomic E-state index is 0.172. The molecule has 0 saturated heterocycles. The van der Waals surface area contributed by atoms with Crippen molar-refractivity contribution in [3.8, 4) is 0 Å². The normalized spacial score (nSPS) is 10.5. The molecule has 0 aliphatic rings. The third-order valence-electron chi connectivity index (χ3n) is 3.20. The number of carbonyl (C=O) groups is 3. The minimum Gasteiger partial charge on any atom is -0.466 e. The third-order valence-corrected chi connectivity index (χ3v) is 4.09. The molecule has 0 aliphatic carbocycles. The molecule has 1 aromatic carbocycles. The number of hydrogen-bond donors (Lipinski definition) is 0. The second kappa shape index (κ2) is 9.47. The van der Waals surface area contributed by atoms with Crippen molar-refractivity contribution in [2.24, 2.45) is 5.10 Å². The van der Waals surface area contributed by atoms with Crippen LogP contribution in [0, 0.1) is 0 Å². The number of benzene rings is 1. The Morgan fingerprint density at radius 1 is 1.19 bits per heavy atom. The summed E-state index contributed by atoms with van der Waals surface area (Å²) in [5.74, 6) is -1.86. The second-order valence-electron chi connectivity index (χ2n) is 4.97. The first-order valence-corrected chi connectivity index (χ1v) is 8.68. The van der Waals surface area contributed by atoms with Gasteiger partial charge in [-0.1, -0.05) is 30.3 Å². The highest BCUT2D eigenvalue weighted by molar-refractivity contribution is 7.12. The van der Waals surface area contributed by atoms with E-state index >= 15 is 0 Å². The van der Waals surface area contributed by atoms with Crippen LogP contribution in [-0.4, -0.2) is 37.8 Å². The molecule has 0 unspecified atom stereocenters. The molecule has 0 bridgehead atoms. The summed E-state index contributed by atoms with van der Waals surface area (Å²) in [5, 5.41) is 6.84. The van der Waals surface area contributed by atoms with E-state index in [0.717, 1.165) is 21.9 Å². The number of anilines is 1. The molecule has 2 rings (SSSR count). The van der Waals surface area contributed by atoms with Gasteiger partial charge in [-0.3, -0.25) is 9.59 Å². The first kappa shape index (κ1) is 19.3. The predicted molar refractivity (Wildman–Crippen MR) is 98.4 cm³/mol. The fraction of sp³-hybridized carbons (Fsp3) is 0.222. The molecule has 136 valence electrons. The van der Waals surface area contributed by atoms with Crippen LogP contribution in [0.3, 0.4) is 0 Å². The number of nitrogens with zero attached hydrogens (tertiary/aromatic N) is 2. The van der Waals surface area contributed by atoms with Gasteiger partial charge in [0.05, 0.1) is 25.6 Å². The van der Waals surface area contributed by atoms with Crippen LogP contribution in [-0.2, 0) is 19.1 Å². The Bertz CT molecular complexity index is 801. The van der Waals surface area contributed by atoms with Gasteiger partial charge < -0.3 is 9.47 Å². The van der Waals surface area contributed by atoms with E-state index in [9.17, 15) is 14.4 Å². The Labute approximate surface area is 154 Å². The number of amides is 1. The lowest BCUT2D eigenvalue weighted by molar-refractivity contribution is -0.145. The van der Waals surface area contributed by atoms with Gasteiger partial charge >= 0.3 is 11.9 Å². The van der Waals surface area contributed by atoms with Gasteiger partial charge in [0, 0.05) is 0 Å². The summed E-state index contributed by atoms with van der Waals surface area (Å²) >= 11 is 1.12. The molecule has 1 heterocycles. The van der Waals surface area contributed by atoms with Crippen LogP contribution in [0.25, 0.3) is 0 Å². The molecular formula is C18H18N2O5S. The standard InChI is InChI=1S/C18H18N2O5S/c1-3-25-16(22)11-15(21)20(19-12-13-7-5-4-6-8-13)14-9-10-26-17(14)18(23)24-2/h4-10,12H,3,11H2,1-2H3. The maximum absolute atomic E-state index is 12.6. The predicted octanol–water partition coefficient (Wildman–Crippen LogP) is 2.86. The van der Waals surface area contributed by atoms with Crippen LogP contribution >= 0.6 is 11.3 Å². The van der Waals surface area contributed by atoms with Gasteiger partial charge in [0.25, 0.3) is 5.91 Å². The van der Waals surface area contributed by atoms with Crippen LogP contribution < -0.4 is 5.01 Å². The van der Waals surface area contributed by atoms with Crippen molar-refractivity contribution < 1.29 is 23.9 Å². The molecule has 0 aliphatic heterocycles. The average Bonchev–Trinajstić information content (AvgIpc) is 3.11. The van der Waals surface area contributed by atoms with E-state index in [2.05, 4.69) is 5.10 Å². The van der Waals surface area contributed by atoms with Crippen molar-refractivity contribution in [3.63, 3.8) is 0 Å². The number of carbonyl (C=O) groups excluding carboxylic acids is 3. The van der Waals surface area contributed by atoms with Crippen molar-refractivity contribution in [2.75, 3.05) is 18.7 Å².